The summed E-state index contributed by atoms with van der Waals surface area (Å²) in [5.41, 5.74) is 11.3. The molecule has 2 nitrogen and oxygen atoms in total. The first-order valence-corrected chi connectivity index (χ1v) is 3.45. The molecule has 68 valence electrons. The normalized spacial score (nSPS) is 11.9. The van der Waals surface area contributed by atoms with Gasteiger partial charge in [-0.2, -0.15) is 0 Å². The second kappa shape index (κ2) is 5.09. The van der Waals surface area contributed by atoms with Gasteiger partial charge in [0.15, 0.2) is 0 Å². The molecule has 0 radical (unpaired) electrons. The Hall–Kier alpha value is -0.640. The molecule has 0 unspecified atom stereocenters. The zero-order valence-corrected chi connectivity index (χ0v) is 7.35. The smallest absolute Gasteiger partial charge is 0.128 e. The van der Waals surface area contributed by atoms with E-state index in [2.05, 4.69) is 0 Å². The van der Waals surface area contributed by atoms with Gasteiger partial charge in [0, 0.05) is 18.2 Å². The fourth-order valence-corrected chi connectivity index (χ4v) is 0.903. The Bertz CT molecular complexity index is 242. The van der Waals surface area contributed by atoms with Crippen molar-refractivity contribution in [3.8, 4) is 0 Å². The van der Waals surface area contributed by atoms with E-state index in [1.807, 2.05) is 0 Å². The molecular formula is C8H12ClFN2. The van der Waals surface area contributed by atoms with Gasteiger partial charge in [0.2, 0.25) is 0 Å². The molecule has 1 atom stereocenters. The molecule has 12 heavy (non-hydrogen) atoms. The Balaban J connectivity index is 0.00000121. The van der Waals surface area contributed by atoms with Gasteiger partial charge in [-0.05, 0) is 6.07 Å². The Morgan fingerprint density at radius 3 is 2.42 bits per heavy atom. The van der Waals surface area contributed by atoms with E-state index in [9.17, 15) is 4.39 Å². The highest BCUT2D eigenvalue weighted by Gasteiger charge is 2.07. The maximum atomic E-state index is 12.9. The maximum Gasteiger partial charge on any atom is 0.128 e. The van der Waals surface area contributed by atoms with E-state index in [1.54, 1.807) is 18.2 Å². The van der Waals surface area contributed by atoms with Crippen molar-refractivity contribution in [1.29, 1.82) is 0 Å². The molecule has 0 saturated heterocycles. The number of rotatable bonds is 2. The molecule has 0 heterocycles. The van der Waals surface area contributed by atoms with Crippen LogP contribution in [0.2, 0.25) is 0 Å². The van der Waals surface area contributed by atoms with Crippen LogP contribution in [0.15, 0.2) is 24.3 Å². The van der Waals surface area contributed by atoms with E-state index in [1.165, 1.54) is 6.07 Å². The van der Waals surface area contributed by atoms with Crippen molar-refractivity contribution in [1.82, 2.24) is 0 Å². The van der Waals surface area contributed by atoms with E-state index in [0.29, 0.717) is 5.56 Å². The van der Waals surface area contributed by atoms with Gasteiger partial charge in [-0.3, -0.25) is 0 Å². The summed E-state index contributed by atoms with van der Waals surface area (Å²) in [5.74, 6) is -0.287. The molecule has 0 fully saturated rings. The minimum absolute atomic E-state index is 0. The SMILES string of the molecule is Cl.NC[C@H](N)c1ccccc1F. The van der Waals surface area contributed by atoms with E-state index in [-0.39, 0.29) is 24.8 Å². The van der Waals surface area contributed by atoms with E-state index < -0.39 is 6.04 Å². The maximum absolute atomic E-state index is 12.9. The molecular weight excluding hydrogens is 179 g/mol. The average molecular weight is 191 g/mol. The summed E-state index contributed by atoms with van der Waals surface area (Å²) in [4.78, 5) is 0. The van der Waals surface area contributed by atoms with Gasteiger partial charge >= 0.3 is 0 Å². The number of halogens is 2. The Labute approximate surface area is 77.2 Å². The molecule has 4 heteroatoms. The highest BCUT2D eigenvalue weighted by atomic mass is 35.5. The Morgan fingerprint density at radius 1 is 1.33 bits per heavy atom. The third-order valence-electron chi connectivity index (χ3n) is 1.56. The molecule has 0 amide bonds. The van der Waals surface area contributed by atoms with Crippen LogP contribution in [-0.2, 0) is 0 Å². The number of nitrogens with two attached hydrogens (primary N) is 2. The van der Waals surface area contributed by atoms with Crippen molar-refractivity contribution < 1.29 is 4.39 Å². The monoisotopic (exact) mass is 190 g/mol. The van der Waals surface area contributed by atoms with Crippen LogP contribution in [0.3, 0.4) is 0 Å². The molecule has 0 spiro atoms. The minimum atomic E-state index is -0.392. The minimum Gasteiger partial charge on any atom is -0.329 e. The zero-order valence-electron chi connectivity index (χ0n) is 6.53. The van der Waals surface area contributed by atoms with Gasteiger partial charge in [0.05, 0.1) is 0 Å². The summed E-state index contributed by atoms with van der Waals surface area (Å²) in [5, 5.41) is 0. The van der Waals surface area contributed by atoms with Crippen LogP contribution >= 0.6 is 12.4 Å². The third-order valence-corrected chi connectivity index (χ3v) is 1.56. The predicted octanol–water partition coefficient (Wildman–Crippen LogP) is 1.21. The fourth-order valence-electron chi connectivity index (χ4n) is 0.903. The summed E-state index contributed by atoms with van der Waals surface area (Å²) in [7, 11) is 0. The lowest BCUT2D eigenvalue weighted by molar-refractivity contribution is 0.584. The van der Waals surface area contributed by atoms with Crippen LogP contribution in [0.1, 0.15) is 11.6 Å². The van der Waals surface area contributed by atoms with Crippen molar-refractivity contribution >= 4 is 12.4 Å². The van der Waals surface area contributed by atoms with Gasteiger partial charge in [-0.1, -0.05) is 18.2 Å². The first kappa shape index (κ1) is 11.4. The zero-order chi connectivity index (χ0) is 8.27. The first-order chi connectivity index (χ1) is 5.25. The van der Waals surface area contributed by atoms with Gasteiger partial charge in [-0.25, -0.2) is 4.39 Å². The summed E-state index contributed by atoms with van der Waals surface area (Å²) in [6.07, 6.45) is 0. The standard InChI is InChI=1S/C8H11FN2.ClH/c9-7-4-2-1-3-6(7)8(11)5-10;/h1-4,8H,5,10-11H2;1H/t8-;/m0./s1. The molecule has 0 aliphatic rings. The van der Waals surface area contributed by atoms with E-state index in [0.717, 1.165) is 0 Å². The lowest BCUT2D eigenvalue weighted by Gasteiger charge is -2.08. The summed E-state index contributed by atoms with van der Waals surface area (Å²) >= 11 is 0. The van der Waals surface area contributed by atoms with Crippen molar-refractivity contribution in [3.63, 3.8) is 0 Å². The Morgan fingerprint density at radius 2 is 1.92 bits per heavy atom. The molecule has 1 aromatic rings. The van der Waals surface area contributed by atoms with Gasteiger partial charge in [0.25, 0.3) is 0 Å². The lowest BCUT2D eigenvalue weighted by atomic mass is 10.1. The third kappa shape index (κ3) is 2.44. The van der Waals surface area contributed by atoms with Crippen molar-refractivity contribution in [3.05, 3.63) is 35.6 Å². The van der Waals surface area contributed by atoms with Crippen LogP contribution in [0.4, 0.5) is 4.39 Å². The molecule has 4 N–H and O–H groups in total. The molecule has 0 saturated carbocycles. The van der Waals surface area contributed by atoms with Crippen LogP contribution in [-0.4, -0.2) is 6.54 Å². The van der Waals surface area contributed by atoms with Crippen LogP contribution in [0.25, 0.3) is 0 Å². The number of hydrogen-bond acceptors (Lipinski definition) is 2. The van der Waals surface area contributed by atoms with Crippen LogP contribution < -0.4 is 11.5 Å². The number of hydrogen-bond donors (Lipinski definition) is 2. The highest BCUT2D eigenvalue weighted by Crippen LogP contribution is 2.12. The van der Waals surface area contributed by atoms with Crippen LogP contribution in [0, 0.1) is 5.82 Å². The second-order valence-electron chi connectivity index (χ2n) is 2.36. The predicted molar refractivity (Wildman–Crippen MR) is 49.6 cm³/mol. The first-order valence-electron chi connectivity index (χ1n) is 3.45. The quantitative estimate of drug-likeness (QED) is 0.737. The lowest BCUT2D eigenvalue weighted by Crippen LogP contribution is -2.21. The van der Waals surface area contributed by atoms with E-state index >= 15 is 0 Å². The molecule has 0 aliphatic carbocycles. The van der Waals surface area contributed by atoms with Crippen LogP contribution in [0.5, 0.6) is 0 Å². The largest absolute Gasteiger partial charge is 0.329 e. The van der Waals surface area contributed by atoms with Gasteiger partial charge in [-0.15, -0.1) is 12.4 Å². The topological polar surface area (TPSA) is 52.0 Å². The molecule has 0 aromatic heterocycles. The molecule has 0 aliphatic heterocycles. The summed E-state index contributed by atoms with van der Waals surface area (Å²) < 4.78 is 12.9. The van der Waals surface area contributed by atoms with Gasteiger partial charge in [0.1, 0.15) is 5.82 Å². The summed E-state index contributed by atoms with van der Waals surface area (Å²) in [6.45, 7) is 0.265. The molecule has 1 rings (SSSR count). The van der Waals surface area contributed by atoms with Crippen molar-refractivity contribution in [2.45, 2.75) is 6.04 Å². The van der Waals surface area contributed by atoms with Gasteiger partial charge < -0.3 is 11.5 Å². The molecule has 0 bridgehead atoms. The van der Waals surface area contributed by atoms with E-state index in [4.69, 9.17) is 11.5 Å². The average Bonchev–Trinajstić information content (AvgIpc) is 2.04. The molecule has 1 aromatic carbocycles. The summed E-state index contributed by atoms with van der Waals surface area (Å²) in [6, 6.07) is 6.00. The highest BCUT2D eigenvalue weighted by molar-refractivity contribution is 5.85. The Kier molecular flexibility index (Phi) is 4.81. The van der Waals surface area contributed by atoms with Crippen molar-refractivity contribution in [2.75, 3.05) is 6.54 Å². The number of benzene rings is 1. The second-order valence-corrected chi connectivity index (χ2v) is 2.36. The van der Waals surface area contributed by atoms with Crippen molar-refractivity contribution in [2.24, 2.45) is 11.5 Å². The fraction of sp³-hybridized carbons (Fsp3) is 0.250.